The van der Waals surface area contributed by atoms with Gasteiger partial charge in [0.2, 0.25) is 0 Å². The predicted molar refractivity (Wildman–Crippen MR) is 90.7 cm³/mol. The molecule has 0 amide bonds. The van der Waals surface area contributed by atoms with Crippen molar-refractivity contribution in [2.24, 2.45) is 34.5 Å². The fraction of sp³-hybridized carbons (Fsp3) is 1.00. The Bertz CT molecular complexity index is 422. The molecular weight excluding hydrogens is 250 g/mol. The third-order valence-corrected chi connectivity index (χ3v) is 8.78. The van der Waals surface area contributed by atoms with Crippen molar-refractivity contribution >= 4 is 15.7 Å². The van der Waals surface area contributed by atoms with Gasteiger partial charge in [0.05, 0.1) is 15.7 Å². The van der Waals surface area contributed by atoms with Gasteiger partial charge in [0, 0.05) is 0 Å². The fourth-order valence-corrected chi connectivity index (χ4v) is 7.33. The van der Waals surface area contributed by atoms with Crippen molar-refractivity contribution in [1.29, 1.82) is 0 Å². The Kier molecular flexibility index (Phi) is 3.37. The molecule has 0 N–H and O–H groups in total. The molecule has 0 saturated heterocycles. The van der Waals surface area contributed by atoms with Crippen LogP contribution in [0.25, 0.3) is 0 Å². The second kappa shape index (κ2) is 4.81. The summed E-state index contributed by atoms with van der Waals surface area (Å²) in [6, 6.07) is 0. The topological polar surface area (TPSA) is 0 Å². The van der Waals surface area contributed by atoms with Crippen LogP contribution >= 0.6 is 0 Å². The van der Waals surface area contributed by atoms with Gasteiger partial charge in [-0.2, -0.15) is 0 Å². The van der Waals surface area contributed by atoms with Crippen LogP contribution < -0.4 is 0 Å². The molecule has 4 fully saturated rings. The molecule has 4 radical (unpaired) electrons. The van der Waals surface area contributed by atoms with E-state index in [9.17, 15) is 0 Å². The van der Waals surface area contributed by atoms with Gasteiger partial charge < -0.3 is 0 Å². The van der Waals surface area contributed by atoms with Crippen molar-refractivity contribution in [3.05, 3.63) is 0 Å². The summed E-state index contributed by atoms with van der Waals surface area (Å²) >= 11 is 0. The summed E-state index contributed by atoms with van der Waals surface area (Å²) in [6.07, 6.45) is 12.3. The molecule has 4 saturated carbocycles. The first-order valence-corrected chi connectivity index (χ1v) is 9.46. The highest BCUT2D eigenvalue weighted by Gasteiger charge is 2.58. The van der Waals surface area contributed by atoms with E-state index < -0.39 is 0 Å². The Morgan fingerprint density at radius 1 is 0.762 bits per heavy atom. The highest BCUT2D eigenvalue weighted by molar-refractivity contribution is 6.12. The summed E-state index contributed by atoms with van der Waals surface area (Å²) < 4.78 is 0. The zero-order chi connectivity index (χ0) is 14.8. The second-order valence-electron chi connectivity index (χ2n) is 9.42. The number of rotatable bonds is 0. The summed E-state index contributed by atoms with van der Waals surface area (Å²) in [6.45, 7) is 5.13. The van der Waals surface area contributed by atoms with Gasteiger partial charge in [-0.1, -0.05) is 51.2 Å². The van der Waals surface area contributed by atoms with Gasteiger partial charge in [0.25, 0.3) is 0 Å². The van der Waals surface area contributed by atoms with Gasteiger partial charge in [0.15, 0.2) is 0 Å². The predicted octanol–water partition coefficient (Wildman–Crippen LogP) is 4.94. The van der Waals surface area contributed by atoms with E-state index in [2.05, 4.69) is 13.8 Å². The Labute approximate surface area is 134 Å². The maximum absolute atomic E-state index is 6.51. The quantitative estimate of drug-likeness (QED) is 0.551. The Balaban J connectivity index is 1.62. The van der Waals surface area contributed by atoms with Gasteiger partial charge in [-0.3, -0.25) is 0 Å². The molecule has 8 unspecified atom stereocenters. The Morgan fingerprint density at radius 2 is 1.48 bits per heavy atom. The number of fused-ring (bicyclic) bond motifs is 5. The lowest BCUT2D eigenvalue weighted by Gasteiger charge is -2.61. The minimum atomic E-state index is 0.454. The van der Waals surface area contributed by atoms with E-state index >= 15 is 0 Å². The lowest BCUT2D eigenvalue weighted by molar-refractivity contribution is -0.102. The third kappa shape index (κ3) is 1.96. The second-order valence-corrected chi connectivity index (χ2v) is 9.42. The van der Waals surface area contributed by atoms with Crippen molar-refractivity contribution in [2.45, 2.75) is 83.3 Å². The maximum Gasteiger partial charge on any atom is 0.0707 e. The first-order chi connectivity index (χ1) is 9.95. The normalized spacial score (nSPS) is 59.9. The summed E-state index contributed by atoms with van der Waals surface area (Å²) in [4.78, 5) is 0. The van der Waals surface area contributed by atoms with Crippen molar-refractivity contribution in [2.75, 3.05) is 0 Å². The molecule has 2 heteroatoms. The molecule has 0 aromatic carbocycles. The van der Waals surface area contributed by atoms with Crippen LogP contribution in [-0.2, 0) is 0 Å². The van der Waals surface area contributed by atoms with Crippen LogP contribution in [0.4, 0.5) is 0 Å². The average Bonchev–Trinajstić information content (AvgIpc) is 2.76. The average molecular weight is 280 g/mol. The maximum atomic E-state index is 6.51. The minimum Gasteiger partial charge on any atom is -0.0771 e. The third-order valence-electron chi connectivity index (χ3n) is 8.78. The molecule has 0 nitrogen and oxygen atoms in total. The monoisotopic (exact) mass is 280 g/mol. The van der Waals surface area contributed by atoms with Crippen LogP contribution in [0.3, 0.4) is 0 Å². The zero-order valence-corrected chi connectivity index (χ0v) is 14.0. The van der Waals surface area contributed by atoms with Gasteiger partial charge >= 0.3 is 0 Å². The smallest absolute Gasteiger partial charge is 0.0707 e. The minimum absolute atomic E-state index is 0.454. The molecule has 21 heavy (non-hydrogen) atoms. The van der Waals surface area contributed by atoms with E-state index in [4.69, 9.17) is 15.7 Å². The van der Waals surface area contributed by atoms with Crippen LogP contribution in [-0.4, -0.2) is 15.7 Å². The lowest BCUT2D eigenvalue weighted by Crippen LogP contribution is -2.52. The van der Waals surface area contributed by atoms with E-state index in [1.165, 1.54) is 57.8 Å². The van der Waals surface area contributed by atoms with E-state index in [0.29, 0.717) is 22.5 Å². The van der Waals surface area contributed by atoms with Gasteiger partial charge in [-0.15, -0.1) is 0 Å². The van der Waals surface area contributed by atoms with Crippen molar-refractivity contribution in [1.82, 2.24) is 0 Å². The van der Waals surface area contributed by atoms with Gasteiger partial charge in [-0.25, -0.2) is 0 Å². The SMILES string of the molecule is [B]C1CCC2(C)C(CCC3C4CCC([B])C4(C)CCC32)C1. The number of hydrogen-bond acceptors (Lipinski definition) is 0. The largest absolute Gasteiger partial charge is 0.0771 e. The van der Waals surface area contributed by atoms with Crippen LogP contribution in [0, 0.1) is 34.5 Å². The zero-order valence-electron chi connectivity index (χ0n) is 14.0. The van der Waals surface area contributed by atoms with Gasteiger partial charge in [-0.05, 0) is 66.6 Å². The highest BCUT2D eigenvalue weighted by Crippen LogP contribution is 2.68. The fourth-order valence-electron chi connectivity index (χ4n) is 7.33. The first kappa shape index (κ1) is 14.7. The molecule has 0 bridgehead atoms. The molecule has 4 aliphatic carbocycles. The molecular formula is C19H30B2. The Hall–Kier alpha value is 0.130. The van der Waals surface area contributed by atoms with E-state index in [1.807, 2.05) is 0 Å². The molecule has 4 aliphatic rings. The lowest BCUT2D eigenvalue weighted by atomic mass is 9.43. The summed E-state index contributed by atoms with van der Waals surface area (Å²) in [5.74, 6) is 4.70. The van der Waals surface area contributed by atoms with Crippen molar-refractivity contribution in [3.63, 3.8) is 0 Å². The molecule has 4 rings (SSSR count). The molecule has 0 heterocycles. The van der Waals surface area contributed by atoms with Crippen LogP contribution in [0.1, 0.15) is 71.6 Å². The van der Waals surface area contributed by atoms with Crippen LogP contribution in [0.15, 0.2) is 0 Å². The molecule has 8 atom stereocenters. The molecule has 0 aromatic rings. The molecule has 112 valence electrons. The molecule has 0 aliphatic heterocycles. The van der Waals surface area contributed by atoms with E-state index in [1.54, 1.807) is 0 Å². The van der Waals surface area contributed by atoms with E-state index in [-0.39, 0.29) is 0 Å². The van der Waals surface area contributed by atoms with Crippen molar-refractivity contribution < 1.29 is 0 Å². The summed E-state index contributed by atoms with van der Waals surface area (Å²) in [5.41, 5.74) is 1.04. The van der Waals surface area contributed by atoms with E-state index in [0.717, 1.165) is 23.7 Å². The van der Waals surface area contributed by atoms with Gasteiger partial charge in [0.1, 0.15) is 0 Å². The molecule has 0 spiro atoms. The van der Waals surface area contributed by atoms with Crippen LogP contribution in [0.5, 0.6) is 0 Å². The molecule has 0 aromatic heterocycles. The standard InChI is InChI=1S/C19H30B2/c1-18-9-7-13(20)11-12(18)3-4-14-15-5-6-17(21)19(15,2)10-8-16(14)18/h12-17H,3-11H2,1-2H3. The number of hydrogen-bond donors (Lipinski definition) is 0. The first-order valence-electron chi connectivity index (χ1n) is 9.46. The highest BCUT2D eigenvalue weighted by atomic mass is 14.6. The summed E-state index contributed by atoms with van der Waals surface area (Å²) in [5, 5.41) is 0. The van der Waals surface area contributed by atoms with Crippen molar-refractivity contribution in [3.8, 4) is 0 Å². The summed E-state index contributed by atoms with van der Waals surface area (Å²) in [7, 11) is 12.8. The Morgan fingerprint density at radius 3 is 2.29 bits per heavy atom. The van der Waals surface area contributed by atoms with Crippen LogP contribution in [0.2, 0.25) is 11.6 Å².